The van der Waals surface area contributed by atoms with Crippen molar-refractivity contribution >= 4 is 17.7 Å². The van der Waals surface area contributed by atoms with E-state index in [-0.39, 0.29) is 11.2 Å². The number of rotatable bonds is 6. The third-order valence-electron chi connectivity index (χ3n) is 3.97. The lowest BCUT2D eigenvalue weighted by Gasteiger charge is -2.20. The number of thioether (sulfide) groups is 1. The summed E-state index contributed by atoms with van der Waals surface area (Å²) in [6.45, 7) is 4.45. The fraction of sp³-hybridized carbons (Fsp3) is 0.250. The van der Waals surface area contributed by atoms with Crippen LogP contribution in [0.3, 0.4) is 0 Å². The summed E-state index contributed by atoms with van der Waals surface area (Å²) in [7, 11) is 1.80. The van der Waals surface area contributed by atoms with E-state index in [0.29, 0.717) is 17.7 Å². The molecular formula is C20H21N3O2S. The van der Waals surface area contributed by atoms with Gasteiger partial charge in [0.1, 0.15) is 0 Å². The van der Waals surface area contributed by atoms with Crippen molar-refractivity contribution in [3.05, 3.63) is 65.7 Å². The summed E-state index contributed by atoms with van der Waals surface area (Å²) >= 11 is 1.28. The normalized spacial score (nSPS) is 12.0. The minimum Gasteiger partial charge on any atom is -0.411 e. The van der Waals surface area contributed by atoms with Crippen molar-refractivity contribution in [1.82, 2.24) is 15.1 Å². The molecule has 26 heavy (non-hydrogen) atoms. The third-order valence-corrected chi connectivity index (χ3v) is 4.89. The molecule has 3 rings (SSSR count). The Labute approximate surface area is 157 Å². The minimum atomic E-state index is -0.310. The second-order valence-corrected chi connectivity index (χ2v) is 7.47. The van der Waals surface area contributed by atoms with Gasteiger partial charge in [0.05, 0.1) is 5.25 Å². The molecule has 0 saturated heterocycles. The highest BCUT2D eigenvalue weighted by Gasteiger charge is 2.22. The molecule has 6 heteroatoms. The first-order valence-electron chi connectivity index (χ1n) is 8.39. The number of carbonyl (C=O) groups excluding carboxylic acids is 1. The number of carbonyl (C=O) groups is 1. The Bertz CT molecular complexity index is 862. The smallest absolute Gasteiger partial charge is 0.277 e. The summed E-state index contributed by atoms with van der Waals surface area (Å²) in [6, 6.07) is 17.8. The van der Waals surface area contributed by atoms with Gasteiger partial charge in [0, 0.05) is 19.2 Å². The van der Waals surface area contributed by atoms with Crippen molar-refractivity contribution in [3.63, 3.8) is 0 Å². The van der Waals surface area contributed by atoms with Gasteiger partial charge in [-0.15, -0.1) is 10.2 Å². The van der Waals surface area contributed by atoms with Crippen LogP contribution in [0, 0.1) is 6.92 Å². The van der Waals surface area contributed by atoms with E-state index in [0.717, 1.165) is 11.1 Å². The second kappa shape index (κ2) is 8.19. The molecule has 134 valence electrons. The highest BCUT2D eigenvalue weighted by atomic mass is 32.2. The van der Waals surface area contributed by atoms with E-state index in [1.807, 2.05) is 68.4 Å². The van der Waals surface area contributed by atoms with E-state index in [1.165, 1.54) is 17.3 Å². The van der Waals surface area contributed by atoms with Gasteiger partial charge >= 0.3 is 0 Å². The third kappa shape index (κ3) is 4.52. The molecule has 0 N–H and O–H groups in total. The topological polar surface area (TPSA) is 59.2 Å². The standard InChI is InChI=1S/C20H21N3O2S/c1-14-9-11-17(12-10-14)18-21-22-20(25-18)26-15(2)19(24)23(3)13-16-7-5-4-6-8-16/h4-12,15H,13H2,1-3H3/t15-/m1/s1. The van der Waals surface area contributed by atoms with Gasteiger partial charge in [-0.1, -0.05) is 59.8 Å². The maximum atomic E-state index is 12.6. The number of amides is 1. The fourth-order valence-electron chi connectivity index (χ4n) is 2.52. The number of benzene rings is 2. The van der Waals surface area contributed by atoms with Crippen LogP contribution in [0.15, 0.2) is 64.2 Å². The summed E-state index contributed by atoms with van der Waals surface area (Å²) in [5, 5.41) is 8.22. The molecule has 1 amide bonds. The lowest BCUT2D eigenvalue weighted by Crippen LogP contribution is -2.32. The van der Waals surface area contributed by atoms with Crippen LogP contribution >= 0.6 is 11.8 Å². The molecule has 0 aliphatic rings. The maximum Gasteiger partial charge on any atom is 0.277 e. The van der Waals surface area contributed by atoms with Gasteiger partial charge in [0.25, 0.3) is 5.22 Å². The summed E-state index contributed by atoms with van der Waals surface area (Å²) in [6.07, 6.45) is 0. The van der Waals surface area contributed by atoms with E-state index in [2.05, 4.69) is 10.2 Å². The summed E-state index contributed by atoms with van der Waals surface area (Å²) in [4.78, 5) is 14.3. The molecular weight excluding hydrogens is 346 g/mol. The molecule has 0 spiro atoms. The van der Waals surface area contributed by atoms with Crippen molar-refractivity contribution in [2.75, 3.05) is 7.05 Å². The van der Waals surface area contributed by atoms with Crippen LogP contribution in [-0.2, 0) is 11.3 Å². The Morgan fingerprint density at radius 3 is 2.50 bits per heavy atom. The van der Waals surface area contributed by atoms with Crippen LogP contribution in [0.1, 0.15) is 18.1 Å². The largest absolute Gasteiger partial charge is 0.411 e. The Morgan fingerprint density at radius 1 is 1.12 bits per heavy atom. The quantitative estimate of drug-likeness (QED) is 0.612. The number of hydrogen-bond acceptors (Lipinski definition) is 5. The van der Waals surface area contributed by atoms with Crippen LogP contribution in [-0.4, -0.2) is 33.3 Å². The first-order valence-corrected chi connectivity index (χ1v) is 9.27. The first-order chi connectivity index (χ1) is 12.5. The molecule has 0 bridgehead atoms. The summed E-state index contributed by atoms with van der Waals surface area (Å²) in [5.41, 5.74) is 3.14. The number of aromatic nitrogens is 2. The molecule has 0 radical (unpaired) electrons. The predicted molar refractivity (Wildman–Crippen MR) is 103 cm³/mol. The van der Waals surface area contributed by atoms with Gasteiger partial charge in [-0.25, -0.2) is 0 Å². The lowest BCUT2D eigenvalue weighted by molar-refractivity contribution is -0.129. The average Bonchev–Trinajstić information content (AvgIpc) is 3.11. The Hall–Kier alpha value is -2.60. The monoisotopic (exact) mass is 367 g/mol. The fourth-order valence-corrected chi connectivity index (χ4v) is 3.32. The molecule has 5 nitrogen and oxygen atoms in total. The van der Waals surface area contributed by atoms with Gasteiger partial charge in [0.15, 0.2) is 0 Å². The van der Waals surface area contributed by atoms with Crippen molar-refractivity contribution < 1.29 is 9.21 Å². The molecule has 0 unspecified atom stereocenters. The molecule has 3 aromatic rings. The lowest BCUT2D eigenvalue weighted by atomic mass is 10.1. The van der Waals surface area contributed by atoms with Crippen molar-refractivity contribution in [1.29, 1.82) is 0 Å². The van der Waals surface area contributed by atoms with E-state index < -0.39 is 0 Å². The minimum absolute atomic E-state index is 0.0222. The molecule has 0 fully saturated rings. The van der Waals surface area contributed by atoms with E-state index in [1.54, 1.807) is 11.9 Å². The zero-order chi connectivity index (χ0) is 18.5. The Morgan fingerprint density at radius 2 is 1.81 bits per heavy atom. The average molecular weight is 367 g/mol. The number of nitrogens with zero attached hydrogens (tertiary/aromatic N) is 3. The Balaban J connectivity index is 1.61. The van der Waals surface area contributed by atoms with Gasteiger partial charge in [-0.3, -0.25) is 4.79 Å². The van der Waals surface area contributed by atoms with Crippen LogP contribution in [0.25, 0.3) is 11.5 Å². The predicted octanol–water partition coefficient (Wildman–Crippen LogP) is 4.18. The van der Waals surface area contributed by atoms with Crippen LogP contribution in [0.2, 0.25) is 0 Å². The number of aryl methyl sites for hydroxylation is 1. The molecule has 1 atom stereocenters. The summed E-state index contributed by atoms with van der Waals surface area (Å²) < 4.78 is 5.70. The highest BCUT2D eigenvalue weighted by Crippen LogP contribution is 2.27. The van der Waals surface area contributed by atoms with E-state index >= 15 is 0 Å². The zero-order valence-corrected chi connectivity index (χ0v) is 15.9. The van der Waals surface area contributed by atoms with E-state index in [4.69, 9.17) is 4.42 Å². The highest BCUT2D eigenvalue weighted by molar-refractivity contribution is 8.00. The van der Waals surface area contributed by atoms with Gasteiger partial charge in [-0.2, -0.15) is 0 Å². The van der Waals surface area contributed by atoms with Crippen molar-refractivity contribution in [3.8, 4) is 11.5 Å². The molecule has 1 heterocycles. The Kier molecular flexibility index (Phi) is 5.73. The molecule has 0 saturated carbocycles. The van der Waals surface area contributed by atoms with Crippen LogP contribution < -0.4 is 0 Å². The zero-order valence-electron chi connectivity index (χ0n) is 15.0. The molecule has 1 aromatic heterocycles. The number of hydrogen-bond donors (Lipinski definition) is 0. The van der Waals surface area contributed by atoms with Gasteiger partial charge in [0.2, 0.25) is 11.8 Å². The molecule has 0 aliphatic heterocycles. The second-order valence-electron chi connectivity index (χ2n) is 6.18. The molecule has 0 aliphatic carbocycles. The van der Waals surface area contributed by atoms with Crippen LogP contribution in [0.5, 0.6) is 0 Å². The van der Waals surface area contributed by atoms with Crippen LogP contribution in [0.4, 0.5) is 0 Å². The first kappa shape index (κ1) is 18.2. The van der Waals surface area contributed by atoms with Gasteiger partial charge in [-0.05, 0) is 31.5 Å². The maximum absolute atomic E-state index is 12.6. The summed E-state index contributed by atoms with van der Waals surface area (Å²) in [5.74, 6) is 0.485. The SMILES string of the molecule is Cc1ccc(-c2nnc(S[C@H](C)C(=O)N(C)Cc3ccccc3)o2)cc1. The van der Waals surface area contributed by atoms with Gasteiger partial charge < -0.3 is 9.32 Å². The van der Waals surface area contributed by atoms with E-state index in [9.17, 15) is 4.79 Å². The van der Waals surface area contributed by atoms with Crippen molar-refractivity contribution in [2.45, 2.75) is 30.9 Å². The molecule has 2 aromatic carbocycles. The van der Waals surface area contributed by atoms with Crippen molar-refractivity contribution in [2.24, 2.45) is 0 Å².